The predicted octanol–water partition coefficient (Wildman–Crippen LogP) is 5.88. The minimum atomic E-state index is -3.58. The first-order valence-corrected chi connectivity index (χ1v) is 15.5. The Hall–Kier alpha value is -2.29. The maximum absolute atomic E-state index is 13.6. The van der Waals surface area contributed by atoms with Crippen LogP contribution in [0.3, 0.4) is 0 Å². The molecule has 0 fully saturated rings. The number of hydrogen-bond acceptors (Lipinski definition) is 4. The highest BCUT2D eigenvalue weighted by Crippen LogP contribution is 2.28. The third kappa shape index (κ3) is 8.35. The van der Waals surface area contributed by atoms with Gasteiger partial charge >= 0.3 is 0 Å². The van der Waals surface area contributed by atoms with Crippen LogP contribution in [0, 0.1) is 13.8 Å². The van der Waals surface area contributed by atoms with Gasteiger partial charge in [0, 0.05) is 41.2 Å². The number of amides is 2. The van der Waals surface area contributed by atoms with E-state index in [1.54, 1.807) is 24.3 Å². The van der Waals surface area contributed by atoms with Crippen LogP contribution in [0.2, 0.25) is 10.0 Å². The molecule has 0 aliphatic carbocycles. The molecule has 2 aromatic rings. The van der Waals surface area contributed by atoms with E-state index in [1.165, 1.54) is 9.21 Å². The molecule has 0 radical (unpaired) electrons. The zero-order valence-corrected chi connectivity index (χ0v) is 25.4. The van der Waals surface area contributed by atoms with Crippen LogP contribution in [0.15, 0.2) is 36.4 Å². The summed E-state index contributed by atoms with van der Waals surface area (Å²) in [5, 5.41) is 3.79. The zero-order valence-electron chi connectivity index (χ0n) is 23.1. The van der Waals surface area contributed by atoms with Crippen LogP contribution >= 0.6 is 23.2 Å². The molecule has 38 heavy (non-hydrogen) atoms. The van der Waals surface area contributed by atoms with Gasteiger partial charge in [0.15, 0.2) is 0 Å². The van der Waals surface area contributed by atoms with Gasteiger partial charge in [-0.05, 0) is 69.4 Å². The van der Waals surface area contributed by atoms with Crippen LogP contribution in [0.4, 0.5) is 5.69 Å². The van der Waals surface area contributed by atoms with Crippen molar-refractivity contribution >= 4 is 50.7 Å². The number of nitrogens with one attached hydrogen (secondary N) is 1. The first kappa shape index (κ1) is 31.9. The van der Waals surface area contributed by atoms with E-state index in [9.17, 15) is 18.0 Å². The molecule has 2 atom stereocenters. The van der Waals surface area contributed by atoms with E-state index in [0.717, 1.165) is 23.8 Å². The lowest BCUT2D eigenvalue weighted by molar-refractivity contribution is -0.141. The van der Waals surface area contributed by atoms with Gasteiger partial charge in [-0.25, -0.2) is 8.42 Å². The molecule has 0 bridgehead atoms. The molecule has 0 heterocycles. The minimum absolute atomic E-state index is 0.0432. The standard InChI is InChI=1S/C28H39Cl2N3O4S/c1-7-20(4)31-28(35)25(8-2)32(18-22-23(29)13-10-14-24(22)30)27(34)16-11-17-33(38(6,36)37)26-15-9-12-19(3)21(26)5/h9-10,12-15,20,25H,7-8,11,16-18H2,1-6H3,(H,31,35)/t20-,25-/m1/s1. The third-order valence-corrected chi connectivity index (χ3v) is 8.66. The number of benzene rings is 2. The first-order valence-electron chi connectivity index (χ1n) is 12.9. The van der Waals surface area contributed by atoms with Crippen molar-refractivity contribution in [2.45, 2.75) is 78.9 Å². The van der Waals surface area contributed by atoms with Gasteiger partial charge in [0.05, 0.1) is 11.9 Å². The molecule has 0 saturated carbocycles. The number of anilines is 1. The molecule has 0 unspecified atom stereocenters. The van der Waals surface area contributed by atoms with Crippen molar-refractivity contribution < 1.29 is 18.0 Å². The van der Waals surface area contributed by atoms with E-state index in [1.807, 2.05) is 46.8 Å². The molecule has 2 rings (SSSR count). The molecule has 0 aliphatic heterocycles. The first-order chi connectivity index (χ1) is 17.8. The summed E-state index contributed by atoms with van der Waals surface area (Å²) >= 11 is 12.8. The molecule has 0 saturated heterocycles. The molecule has 10 heteroatoms. The van der Waals surface area contributed by atoms with E-state index in [4.69, 9.17) is 23.2 Å². The quantitative estimate of drug-likeness (QED) is 0.319. The number of sulfonamides is 1. The van der Waals surface area contributed by atoms with Crippen LogP contribution in [-0.4, -0.2) is 50.0 Å². The second-order valence-corrected chi connectivity index (χ2v) is 12.3. The Balaban J connectivity index is 2.32. The van der Waals surface area contributed by atoms with Crippen LogP contribution in [0.5, 0.6) is 0 Å². The summed E-state index contributed by atoms with van der Waals surface area (Å²) in [4.78, 5) is 28.3. The summed E-state index contributed by atoms with van der Waals surface area (Å²) in [6.45, 7) is 9.74. The number of carbonyl (C=O) groups excluding carboxylic acids is 2. The van der Waals surface area contributed by atoms with Crippen molar-refractivity contribution in [3.8, 4) is 0 Å². The second kappa shape index (κ2) is 14.2. The number of carbonyl (C=O) groups is 2. The van der Waals surface area contributed by atoms with E-state index < -0.39 is 16.1 Å². The number of halogens is 2. The largest absolute Gasteiger partial charge is 0.352 e. The molecule has 2 aromatic carbocycles. The molecule has 0 aliphatic rings. The maximum Gasteiger partial charge on any atom is 0.243 e. The average Bonchev–Trinajstić information content (AvgIpc) is 2.84. The van der Waals surface area contributed by atoms with Crippen molar-refractivity contribution in [1.29, 1.82) is 0 Å². The van der Waals surface area contributed by atoms with Gasteiger partial charge in [-0.1, -0.05) is 55.2 Å². The summed E-state index contributed by atoms with van der Waals surface area (Å²) in [6, 6.07) is 9.85. The molecule has 1 N–H and O–H groups in total. The van der Waals surface area contributed by atoms with E-state index in [2.05, 4.69) is 5.32 Å². The van der Waals surface area contributed by atoms with Gasteiger partial charge < -0.3 is 10.2 Å². The number of aryl methyl sites for hydroxylation is 1. The lowest BCUT2D eigenvalue weighted by Gasteiger charge is -2.32. The Bertz CT molecular complexity index is 1220. The van der Waals surface area contributed by atoms with E-state index >= 15 is 0 Å². The van der Waals surface area contributed by atoms with Crippen LogP contribution in [0.1, 0.15) is 63.1 Å². The van der Waals surface area contributed by atoms with Crippen LogP contribution in [-0.2, 0) is 26.2 Å². The monoisotopic (exact) mass is 583 g/mol. The van der Waals surface area contributed by atoms with Crippen molar-refractivity contribution in [2.24, 2.45) is 0 Å². The predicted molar refractivity (Wildman–Crippen MR) is 156 cm³/mol. The Labute approximate surface area is 237 Å². The van der Waals surface area contributed by atoms with Crippen molar-refractivity contribution in [1.82, 2.24) is 10.2 Å². The third-order valence-electron chi connectivity index (χ3n) is 6.77. The fourth-order valence-corrected chi connectivity index (χ4v) is 5.74. The summed E-state index contributed by atoms with van der Waals surface area (Å²) in [5.41, 5.74) is 3.01. The number of nitrogens with zero attached hydrogens (tertiary/aromatic N) is 2. The summed E-state index contributed by atoms with van der Waals surface area (Å²) in [5.74, 6) is -0.520. The van der Waals surface area contributed by atoms with Crippen molar-refractivity contribution in [3.05, 3.63) is 63.1 Å². The lowest BCUT2D eigenvalue weighted by Crippen LogP contribution is -2.50. The summed E-state index contributed by atoms with van der Waals surface area (Å²) in [7, 11) is -3.58. The van der Waals surface area contributed by atoms with Gasteiger partial charge in [0.2, 0.25) is 21.8 Å². The summed E-state index contributed by atoms with van der Waals surface area (Å²) in [6.07, 6.45) is 2.64. The number of rotatable bonds is 13. The Morgan fingerprint density at radius 1 is 1.00 bits per heavy atom. The topological polar surface area (TPSA) is 86.8 Å². The van der Waals surface area contributed by atoms with Gasteiger partial charge in [0.1, 0.15) is 6.04 Å². The van der Waals surface area contributed by atoms with Crippen molar-refractivity contribution in [3.63, 3.8) is 0 Å². The molecular formula is C28H39Cl2N3O4S. The normalized spacial score (nSPS) is 13.1. The van der Waals surface area contributed by atoms with E-state index in [-0.39, 0.29) is 43.8 Å². The molecule has 0 aromatic heterocycles. The van der Waals surface area contributed by atoms with E-state index in [0.29, 0.717) is 27.7 Å². The average molecular weight is 585 g/mol. The SMILES string of the molecule is CC[C@@H](C)NC(=O)[C@@H](CC)N(Cc1c(Cl)cccc1Cl)C(=O)CCCN(c1cccc(C)c1C)S(C)(=O)=O. The van der Waals surface area contributed by atoms with Gasteiger partial charge in [-0.15, -0.1) is 0 Å². The summed E-state index contributed by atoms with van der Waals surface area (Å²) < 4.78 is 26.6. The Kier molecular flexibility index (Phi) is 11.9. The highest BCUT2D eigenvalue weighted by molar-refractivity contribution is 7.92. The Morgan fingerprint density at radius 3 is 2.16 bits per heavy atom. The van der Waals surface area contributed by atoms with Crippen LogP contribution < -0.4 is 9.62 Å². The smallest absolute Gasteiger partial charge is 0.243 e. The lowest BCUT2D eigenvalue weighted by atomic mass is 10.1. The second-order valence-electron chi connectivity index (χ2n) is 9.62. The zero-order chi connectivity index (χ0) is 28.6. The Morgan fingerprint density at radius 2 is 1.61 bits per heavy atom. The molecule has 210 valence electrons. The van der Waals surface area contributed by atoms with Gasteiger partial charge in [-0.2, -0.15) is 0 Å². The van der Waals surface area contributed by atoms with Gasteiger partial charge in [0.25, 0.3) is 0 Å². The van der Waals surface area contributed by atoms with Gasteiger partial charge in [-0.3, -0.25) is 13.9 Å². The molecule has 0 spiro atoms. The highest BCUT2D eigenvalue weighted by atomic mass is 35.5. The molecule has 2 amide bonds. The number of hydrogen-bond donors (Lipinski definition) is 1. The minimum Gasteiger partial charge on any atom is -0.352 e. The molecule has 7 nitrogen and oxygen atoms in total. The van der Waals surface area contributed by atoms with Crippen molar-refractivity contribution in [2.75, 3.05) is 17.1 Å². The maximum atomic E-state index is 13.6. The highest BCUT2D eigenvalue weighted by Gasteiger charge is 2.30. The fourth-order valence-electron chi connectivity index (χ4n) is 4.20. The van der Waals surface area contributed by atoms with Crippen LogP contribution in [0.25, 0.3) is 0 Å². The molecular weight excluding hydrogens is 545 g/mol. The fraction of sp³-hybridized carbons (Fsp3) is 0.500.